The van der Waals surface area contributed by atoms with Crippen LogP contribution in [0.25, 0.3) is 10.2 Å². The van der Waals surface area contributed by atoms with E-state index in [4.69, 9.17) is 4.74 Å². The molecule has 0 unspecified atom stereocenters. The molecular weight excluding hydrogens is 450 g/mol. The van der Waals surface area contributed by atoms with Crippen LogP contribution < -0.4 is 15.9 Å². The van der Waals surface area contributed by atoms with Crippen LogP contribution in [0, 0.1) is 0 Å². The maximum Gasteiger partial charge on any atom is 0.351 e. The van der Waals surface area contributed by atoms with Crippen LogP contribution in [0.3, 0.4) is 0 Å². The molecule has 0 bridgehead atoms. The number of nitrogens with zero attached hydrogens (tertiary/aromatic N) is 5. The third kappa shape index (κ3) is 5.77. The Hall–Kier alpha value is -3.34. The number of anilines is 3. The molecule has 3 heterocycles. The van der Waals surface area contributed by atoms with Crippen molar-refractivity contribution in [2.24, 2.45) is 0 Å². The molecule has 34 heavy (non-hydrogen) atoms. The number of aromatic amines is 1. The minimum Gasteiger partial charge on any atom is -0.379 e. The Morgan fingerprint density at radius 1 is 1.12 bits per heavy atom. The van der Waals surface area contributed by atoms with Crippen LogP contribution in [0.2, 0.25) is 0 Å². The highest BCUT2D eigenvalue weighted by molar-refractivity contribution is 7.16. The normalized spacial score (nSPS) is 14.4. The predicted molar refractivity (Wildman–Crippen MR) is 135 cm³/mol. The number of morpholine rings is 1. The first kappa shape index (κ1) is 22.5. The van der Waals surface area contributed by atoms with E-state index in [2.05, 4.69) is 47.2 Å². The molecule has 1 saturated heterocycles. The van der Waals surface area contributed by atoms with Crippen LogP contribution >= 0.6 is 11.3 Å². The summed E-state index contributed by atoms with van der Waals surface area (Å²) in [6, 6.07) is 16.0. The Balaban J connectivity index is 1.35. The summed E-state index contributed by atoms with van der Waals surface area (Å²) >= 11 is 1.57. The molecule has 1 fully saturated rings. The fraction of sp³-hybridized carbons (Fsp3) is 0.333. The molecule has 2 N–H and O–H groups in total. The molecule has 0 radical (unpaired) electrons. The van der Waals surface area contributed by atoms with E-state index in [9.17, 15) is 4.79 Å². The molecular formula is C24H27N7O2S. The summed E-state index contributed by atoms with van der Waals surface area (Å²) in [5.74, 6) is 0.779. The van der Waals surface area contributed by atoms with Gasteiger partial charge in [0.1, 0.15) is 0 Å². The van der Waals surface area contributed by atoms with Crippen LogP contribution in [0.5, 0.6) is 0 Å². The number of fused-ring (bicyclic) bond motifs is 1. The number of hydrogen-bond acceptors (Lipinski definition) is 9. The lowest BCUT2D eigenvalue weighted by molar-refractivity contribution is 0.0376. The molecule has 0 saturated carbocycles. The molecule has 5 rings (SSSR count). The second-order valence-corrected chi connectivity index (χ2v) is 9.06. The molecule has 2 aromatic heterocycles. The number of ether oxygens (including phenoxy) is 1. The van der Waals surface area contributed by atoms with E-state index < -0.39 is 5.69 Å². The highest BCUT2D eigenvalue weighted by Gasteiger charge is 2.15. The summed E-state index contributed by atoms with van der Waals surface area (Å²) in [6.07, 6.45) is 0.938. The van der Waals surface area contributed by atoms with Crippen molar-refractivity contribution in [3.63, 3.8) is 0 Å². The van der Waals surface area contributed by atoms with E-state index in [0.717, 1.165) is 67.3 Å². The summed E-state index contributed by atoms with van der Waals surface area (Å²) in [5, 5.41) is 3.22. The number of hydrogen-bond donors (Lipinski definition) is 2. The number of aromatic nitrogens is 4. The van der Waals surface area contributed by atoms with Crippen molar-refractivity contribution < 1.29 is 4.74 Å². The van der Waals surface area contributed by atoms with Crippen molar-refractivity contribution >= 4 is 39.1 Å². The average Bonchev–Trinajstić information content (AvgIpc) is 3.32. The molecule has 0 aliphatic carbocycles. The zero-order valence-electron chi connectivity index (χ0n) is 18.8. The molecule has 1 aliphatic rings. The van der Waals surface area contributed by atoms with Crippen molar-refractivity contribution in [1.82, 2.24) is 24.8 Å². The van der Waals surface area contributed by atoms with E-state index in [-0.39, 0.29) is 0 Å². The Morgan fingerprint density at radius 2 is 1.97 bits per heavy atom. The fourth-order valence-corrected chi connectivity index (χ4v) is 4.72. The van der Waals surface area contributed by atoms with Crippen LogP contribution in [0.1, 0.15) is 12.0 Å². The van der Waals surface area contributed by atoms with E-state index >= 15 is 0 Å². The van der Waals surface area contributed by atoms with Gasteiger partial charge in [0.05, 0.1) is 28.9 Å². The highest BCUT2D eigenvalue weighted by Crippen LogP contribution is 2.23. The number of thiazole rings is 1. The van der Waals surface area contributed by atoms with Crippen molar-refractivity contribution in [3.8, 4) is 0 Å². The summed E-state index contributed by atoms with van der Waals surface area (Å²) in [5.41, 5.74) is 4.30. The van der Waals surface area contributed by atoms with E-state index in [0.29, 0.717) is 18.4 Å². The topological polar surface area (TPSA) is 99.3 Å². The zero-order valence-corrected chi connectivity index (χ0v) is 19.6. The van der Waals surface area contributed by atoms with Gasteiger partial charge in [0.2, 0.25) is 11.9 Å². The molecule has 176 valence electrons. The van der Waals surface area contributed by atoms with E-state index in [1.54, 1.807) is 11.3 Å². The number of rotatable bonds is 9. The lowest BCUT2D eigenvalue weighted by atomic mass is 10.2. The van der Waals surface area contributed by atoms with Gasteiger partial charge in [-0.2, -0.15) is 9.97 Å². The highest BCUT2D eigenvalue weighted by atomic mass is 32.1. The standard InChI is InChI=1S/C24H27N7O2S/c32-24-28-22(26-19-7-8-20-21(15-19)34-17-25-20)27-23(29-24)31(16-18-5-2-1-3-6-18)10-4-9-30-11-13-33-14-12-30/h1-3,5-8,15,17H,4,9-14,16H2,(H2,26,27,28,29,32). The van der Waals surface area contributed by atoms with Gasteiger partial charge in [-0.3, -0.25) is 9.88 Å². The fourth-order valence-electron chi connectivity index (χ4n) is 4.01. The smallest absolute Gasteiger partial charge is 0.351 e. The van der Waals surface area contributed by atoms with Gasteiger partial charge < -0.3 is 15.0 Å². The minimum absolute atomic E-state index is 0.366. The van der Waals surface area contributed by atoms with Crippen LogP contribution in [-0.2, 0) is 11.3 Å². The second kappa shape index (κ2) is 10.7. The number of benzene rings is 2. The van der Waals surface area contributed by atoms with Gasteiger partial charge in [0.15, 0.2) is 0 Å². The molecule has 2 aromatic carbocycles. The summed E-state index contributed by atoms with van der Waals surface area (Å²) < 4.78 is 6.51. The van der Waals surface area contributed by atoms with Gasteiger partial charge in [0.25, 0.3) is 0 Å². The van der Waals surface area contributed by atoms with Crippen LogP contribution in [0.4, 0.5) is 17.6 Å². The lowest BCUT2D eigenvalue weighted by Crippen LogP contribution is -2.38. The van der Waals surface area contributed by atoms with Gasteiger partial charge in [-0.05, 0) is 30.2 Å². The quantitative estimate of drug-likeness (QED) is 0.379. The van der Waals surface area contributed by atoms with Crippen LogP contribution in [0.15, 0.2) is 58.8 Å². The zero-order chi connectivity index (χ0) is 23.2. The van der Waals surface area contributed by atoms with Crippen LogP contribution in [-0.4, -0.2) is 64.2 Å². The number of H-pyrrole nitrogens is 1. The molecule has 4 aromatic rings. The first-order valence-corrected chi connectivity index (χ1v) is 12.3. The number of nitrogens with one attached hydrogen (secondary N) is 2. The molecule has 0 amide bonds. The van der Waals surface area contributed by atoms with Gasteiger partial charge in [-0.1, -0.05) is 30.3 Å². The van der Waals surface area contributed by atoms with Gasteiger partial charge in [0, 0.05) is 38.4 Å². The molecule has 0 atom stereocenters. The third-order valence-corrected chi connectivity index (χ3v) is 6.53. The molecule has 0 spiro atoms. The first-order chi connectivity index (χ1) is 16.7. The lowest BCUT2D eigenvalue weighted by Gasteiger charge is -2.28. The average molecular weight is 478 g/mol. The first-order valence-electron chi connectivity index (χ1n) is 11.4. The summed E-state index contributed by atoms with van der Waals surface area (Å²) in [7, 11) is 0. The van der Waals surface area contributed by atoms with E-state index in [1.165, 1.54) is 0 Å². The second-order valence-electron chi connectivity index (χ2n) is 8.18. The molecule has 9 nitrogen and oxygen atoms in total. The monoisotopic (exact) mass is 477 g/mol. The predicted octanol–water partition coefficient (Wildman–Crippen LogP) is 3.25. The SMILES string of the molecule is O=c1nc(N(CCCN2CCOCC2)Cc2ccccc2)nc(Nc2ccc3ncsc3c2)[nH]1. The van der Waals surface area contributed by atoms with Crippen molar-refractivity contribution in [3.05, 3.63) is 70.1 Å². The maximum atomic E-state index is 12.4. The van der Waals surface area contributed by atoms with Gasteiger partial charge in [-0.15, -0.1) is 11.3 Å². The molecule has 10 heteroatoms. The molecule has 1 aliphatic heterocycles. The van der Waals surface area contributed by atoms with Gasteiger partial charge in [-0.25, -0.2) is 9.78 Å². The largest absolute Gasteiger partial charge is 0.379 e. The van der Waals surface area contributed by atoms with Crippen molar-refractivity contribution in [2.75, 3.05) is 49.6 Å². The van der Waals surface area contributed by atoms with Gasteiger partial charge >= 0.3 is 5.69 Å². The Bertz CT molecular complexity index is 1270. The third-order valence-electron chi connectivity index (χ3n) is 5.74. The Morgan fingerprint density at radius 3 is 2.82 bits per heavy atom. The maximum absolute atomic E-state index is 12.4. The van der Waals surface area contributed by atoms with Crippen molar-refractivity contribution in [1.29, 1.82) is 0 Å². The Labute approximate surface area is 201 Å². The van der Waals surface area contributed by atoms with Crippen molar-refractivity contribution in [2.45, 2.75) is 13.0 Å². The minimum atomic E-state index is -0.433. The summed E-state index contributed by atoms with van der Waals surface area (Å²) in [6.45, 7) is 5.82. The Kier molecular flexibility index (Phi) is 7.08. The summed E-state index contributed by atoms with van der Waals surface area (Å²) in [4.78, 5) is 32.8. The van der Waals surface area contributed by atoms with E-state index in [1.807, 2.05) is 41.9 Å².